The van der Waals surface area contributed by atoms with Crippen LogP contribution in [0.25, 0.3) is 0 Å². The molecule has 3 amide bonds. The fourth-order valence-electron chi connectivity index (χ4n) is 3.03. The summed E-state index contributed by atoms with van der Waals surface area (Å²) in [4.78, 5) is 28.4. The Hall–Kier alpha value is -2.41. The number of nitrogens with zero attached hydrogens (tertiary/aromatic N) is 1. The van der Waals surface area contributed by atoms with E-state index in [0.717, 1.165) is 18.4 Å². The van der Waals surface area contributed by atoms with Crippen LogP contribution in [0.3, 0.4) is 0 Å². The summed E-state index contributed by atoms with van der Waals surface area (Å²) in [6.45, 7) is 0.499. The Balaban J connectivity index is 1.42. The molecule has 0 saturated heterocycles. The number of aromatic nitrogens is 1. The van der Waals surface area contributed by atoms with E-state index in [1.807, 2.05) is 30.3 Å². The average Bonchev–Trinajstić information content (AvgIpc) is 3.08. The van der Waals surface area contributed by atoms with Crippen LogP contribution in [0.5, 0.6) is 0 Å². The first-order chi connectivity index (χ1) is 12.7. The van der Waals surface area contributed by atoms with Crippen LogP contribution in [0, 0.1) is 0 Å². The Bertz CT molecular complexity index is 726. The highest BCUT2D eigenvalue weighted by atomic mass is 32.1. The van der Waals surface area contributed by atoms with Gasteiger partial charge in [0.2, 0.25) is 5.91 Å². The van der Waals surface area contributed by atoms with E-state index >= 15 is 0 Å². The summed E-state index contributed by atoms with van der Waals surface area (Å²) < 4.78 is 0. The van der Waals surface area contributed by atoms with E-state index in [2.05, 4.69) is 20.9 Å². The Labute approximate surface area is 157 Å². The molecule has 0 radical (unpaired) electrons. The van der Waals surface area contributed by atoms with E-state index in [1.165, 1.54) is 30.6 Å². The first-order valence-corrected chi connectivity index (χ1v) is 9.89. The highest BCUT2D eigenvalue weighted by Crippen LogP contribution is 2.19. The fraction of sp³-hybridized carbons (Fsp3) is 0.421. The highest BCUT2D eigenvalue weighted by Gasteiger charge is 2.16. The predicted molar refractivity (Wildman–Crippen MR) is 103 cm³/mol. The predicted octanol–water partition coefficient (Wildman–Crippen LogP) is 3.46. The molecule has 3 N–H and O–H groups in total. The van der Waals surface area contributed by atoms with Crippen molar-refractivity contribution in [3.63, 3.8) is 0 Å². The summed E-state index contributed by atoms with van der Waals surface area (Å²) in [5, 5.41) is 11.0. The van der Waals surface area contributed by atoms with Crippen LogP contribution >= 0.6 is 11.3 Å². The Kier molecular flexibility index (Phi) is 6.60. The second kappa shape index (κ2) is 9.33. The Morgan fingerprint density at radius 3 is 2.65 bits per heavy atom. The molecule has 0 bridgehead atoms. The maximum absolute atomic E-state index is 12.0. The average molecular weight is 372 g/mol. The molecule has 138 valence electrons. The number of thiazole rings is 1. The first kappa shape index (κ1) is 18.4. The van der Waals surface area contributed by atoms with Gasteiger partial charge in [0, 0.05) is 18.0 Å². The van der Waals surface area contributed by atoms with Crippen LogP contribution in [-0.4, -0.2) is 23.0 Å². The van der Waals surface area contributed by atoms with Crippen molar-refractivity contribution in [1.82, 2.24) is 15.6 Å². The maximum Gasteiger partial charge on any atom is 0.321 e. The largest absolute Gasteiger partial charge is 0.352 e. The van der Waals surface area contributed by atoms with Gasteiger partial charge in [-0.25, -0.2) is 9.78 Å². The van der Waals surface area contributed by atoms with E-state index in [9.17, 15) is 9.59 Å². The number of amides is 3. The lowest BCUT2D eigenvalue weighted by atomic mass is 9.96. The standard InChI is InChI=1S/C19H24N4O2S/c24-17(20-12-14-7-3-1-4-8-14)11-16-13-26-19(22-16)23-18(25)21-15-9-5-2-6-10-15/h1,3-4,7-8,13,15H,2,5-6,9-12H2,(H,20,24)(H2,21,22,23,25). The SMILES string of the molecule is O=C(Cc1csc(NC(=O)NC2CCCCC2)n1)NCc1ccccc1. The second-order valence-electron chi connectivity index (χ2n) is 6.52. The van der Waals surface area contributed by atoms with Crippen LogP contribution in [-0.2, 0) is 17.8 Å². The van der Waals surface area contributed by atoms with Crippen LogP contribution < -0.4 is 16.0 Å². The summed E-state index contributed by atoms with van der Waals surface area (Å²) in [6, 6.07) is 9.81. The topological polar surface area (TPSA) is 83.1 Å². The molecular formula is C19H24N4O2S. The minimum Gasteiger partial charge on any atom is -0.352 e. The van der Waals surface area contributed by atoms with Crippen molar-refractivity contribution in [1.29, 1.82) is 0 Å². The number of nitrogens with one attached hydrogen (secondary N) is 3. The van der Waals surface area contributed by atoms with Gasteiger partial charge in [0.15, 0.2) is 5.13 Å². The van der Waals surface area contributed by atoms with Crippen molar-refractivity contribution in [2.75, 3.05) is 5.32 Å². The molecule has 1 heterocycles. The molecule has 1 aliphatic rings. The highest BCUT2D eigenvalue weighted by molar-refractivity contribution is 7.13. The summed E-state index contributed by atoms with van der Waals surface area (Å²) in [5.74, 6) is -0.0858. The van der Waals surface area contributed by atoms with Crippen molar-refractivity contribution >= 4 is 28.4 Å². The zero-order valence-electron chi connectivity index (χ0n) is 14.7. The molecule has 2 aromatic rings. The number of benzene rings is 1. The van der Waals surface area contributed by atoms with Gasteiger partial charge < -0.3 is 10.6 Å². The Morgan fingerprint density at radius 1 is 1.12 bits per heavy atom. The molecule has 0 aliphatic heterocycles. The van der Waals surface area contributed by atoms with Crippen molar-refractivity contribution in [3.8, 4) is 0 Å². The molecule has 7 heteroatoms. The third-order valence-corrected chi connectivity index (χ3v) is 5.19. The zero-order chi connectivity index (χ0) is 18.2. The van der Waals surface area contributed by atoms with Crippen LogP contribution in [0.4, 0.5) is 9.93 Å². The van der Waals surface area contributed by atoms with E-state index in [4.69, 9.17) is 0 Å². The normalized spacial score (nSPS) is 14.6. The minimum absolute atomic E-state index is 0.0858. The number of carbonyl (C=O) groups excluding carboxylic acids is 2. The third kappa shape index (κ3) is 5.84. The first-order valence-electron chi connectivity index (χ1n) is 9.01. The van der Waals surface area contributed by atoms with Crippen molar-refractivity contribution in [3.05, 3.63) is 47.0 Å². The van der Waals surface area contributed by atoms with Gasteiger partial charge in [0.1, 0.15) is 0 Å². The summed E-state index contributed by atoms with van der Waals surface area (Å²) >= 11 is 1.33. The van der Waals surface area contributed by atoms with E-state index in [-0.39, 0.29) is 24.4 Å². The van der Waals surface area contributed by atoms with Gasteiger partial charge in [0.05, 0.1) is 12.1 Å². The zero-order valence-corrected chi connectivity index (χ0v) is 15.5. The lowest BCUT2D eigenvalue weighted by Gasteiger charge is -2.22. The van der Waals surface area contributed by atoms with E-state index < -0.39 is 0 Å². The Morgan fingerprint density at radius 2 is 1.88 bits per heavy atom. The summed E-state index contributed by atoms with van der Waals surface area (Å²) in [7, 11) is 0. The van der Waals surface area contributed by atoms with Crippen molar-refractivity contribution in [2.45, 2.75) is 51.1 Å². The number of hydrogen-bond acceptors (Lipinski definition) is 4. The second-order valence-corrected chi connectivity index (χ2v) is 7.37. The number of rotatable bonds is 6. The van der Waals surface area contributed by atoms with Crippen molar-refractivity contribution in [2.24, 2.45) is 0 Å². The molecular weight excluding hydrogens is 348 g/mol. The number of anilines is 1. The molecule has 6 nitrogen and oxygen atoms in total. The van der Waals surface area contributed by atoms with Gasteiger partial charge in [-0.05, 0) is 18.4 Å². The smallest absolute Gasteiger partial charge is 0.321 e. The molecule has 1 saturated carbocycles. The maximum atomic E-state index is 12.0. The molecule has 0 atom stereocenters. The van der Waals surface area contributed by atoms with Gasteiger partial charge in [-0.15, -0.1) is 11.3 Å². The molecule has 1 aromatic heterocycles. The molecule has 3 rings (SSSR count). The number of hydrogen-bond donors (Lipinski definition) is 3. The minimum atomic E-state index is -0.216. The third-order valence-electron chi connectivity index (χ3n) is 4.39. The van der Waals surface area contributed by atoms with Crippen LogP contribution in [0.15, 0.2) is 35.7 Å². The van der Waals surface area contributed by atoms with Crippen LogP contribution in [0.1, 0.15) is 43.4 Å². The van der Waals surface area contributed by atoms with Gasteiger partial charge in [0.25, 0.3) is 0 Å². The molecule has 1 fully saturated rings. The number of carbonyl (C=O) groups is 2. The quantitative estimate of drug-likeness (QED) is 0.726. The molecule has 26 heavy (non-hydrogen) atoms. The van der Waals surface area contributed by atoms with E-state index in [0.29, 0.717) is 17.4 Å². The molecule has 0 spiro atoms. The summed E-state index contributed by atoms with van der Waals surface area (Å²) in [6.07, 6.45) is 5.88. The van der Waals surface area contributed by atoms with Gasteiger partial charge in [-0.3, -0.25) is 10.1 Å². The van der Waals surface area contributed by atoms with Crippen LogP contribution in [0.2, 0.25) is 0 Å². The monoisotopic (exact) mass is 372 g/mol. The molecule has 0 unspecified atom stereocenters. The van der Waals surface area contributed by atoms with E-state index in [1.54, 1.807) is 5.38 Å². The molecule has 1 aromatic carbocycles. The van der Waals surface area contributed by atoms with Gasteiger partial charge >= 0.3 is 6.03 Å². The summed E-state index contributed by atoms with van der Waals surface area (Å²) in [5.41, 5.74) is 1.72. The van der Waals surface area contributed by atoms with Gasteiger partial charge in [-0.1, -0.05) is 49.6 Å². The fourth-order valence-corrected chi connectivity index (χ4v) is 3.74. The molecule has 1 aliphatic carbocycles. The lowest BCUT2D eigenvalue weighted by Crippen LogP contribution is -2.39. The number of urea groups is 1. The van der Waals surface area contributed by atoms with Gasteiger partial charge in [-0.2, -0.15) is 0 Å². The van der Waals surface area contributed by atoms with Crippen molar-refractivity contribution < 1.29 is 9.59 Å². The lowest BCUT2D eigenvalue weighted by molar-refractivity contribution is -0.120.